The Morgan fingerprint density at radius 2 is 2.04 bits per heavy atom. The van der Waals surface area contributed by atoms with E-state index in [-0.39, 0.29) is 5.91 Å². The van der Waals surface area contributed by atoms with E-state index in [1.54, 1.807) is 25.3 Å². The van der Waals surface area contributed by atoms with Gasteiger partial charge < -0.3 is 15.0 Å². The van der Waals surface area contributed by atoms with E-state index < -0.39 is 0 Å². The van der Waals surface area contributed by atoms with E-state index >= 15 is 0 Å². The van der Waals surface area contributed by atoms with E-state index in [1.807, 2.05) is 0 Å². The summed E-state index contributed by atoms with van der Waals surface area (Å²) < 4.78 is 5.22. The highest BCUT2D eigenvalue weighted by atomic mass is 35.5. The van der Waals surface area contributed by atoms with Gasteiger partial charge >= 0.3 is 0 Å². The quantitative estimate of drug-likeness (QED) is 0.808. The van der Waals surface area contributed by atoms with Crippen molar-refractivity contribution in [1.82, 2.24) is 10.2 Å². The minimum absolute atomic E-state index is 0.135. The summed E-state index contributed by atoms with van der Waals surface area (Å²) in [5, 5.41) is 3.49. The number of likely N-dealkylation sites (tertiary alicyclic amines) is 1. The Morgan fingerprint density at radius 3 is 2.70 bits per heavy atom. The summed E-state index contributed by atoms with van der Waals surface area (Å²) in [7, 11) is 1.55. The number of ether oxygens (including phenoxy) is 1. The number of amides is 1. The van der Waals surface area contributed by atoms with Crippen LogP contribution in [0.15, 0.2) is 18.2 Å². The van der Waals surface area contributed by atoms with Gasteiger partial charge in [-0.05, 0) is 49.4 Å². The van der Waals surface area contributed by atoms with Crippen molar-refractivity contribution in [3.05, 3.63) is 28.8 Å². The number of nitrogens with zero attached hydrogens (tertiary/aromatic N) is 1. The Hall–Kier alpha value is -1.26. The zero-order valence-electron chi connectivity index (χ0n) is 14.3. The Morgan fingerprint density at radius 1 is 1.35 bits per heavy atom. The van der Waals surface area contributed by atoms with Crippen molar-refractivity contribution in [2.24, 2.45) is 11.8 Å². The number of carbonyl (C=O) groups excluding carboxylic acids is 1. The second-order valence-electron chi connectivity index (χ2n) is 6.66. The first-order valence-corrected chi connectivity index (χ1v) is 8.71. The van der Waals surface area contributed by atoms with Crippen LogP contribution in [0.25, 0.3) is 0 Å². The van der Waals surface area contributed by atoms with Gasteiger partial charge in [0, 0.05) is 24.7 Å². The molecule has 1 N–H and O–H groups in total. The van der Waals surface area contributed by atoms with Crippen LogP contribution in [-0.4, -0.2) is 44.1 Å². The summed E-state index contributed by atoms with van der Waals surface area (Å²) in [5.41, 5.74) is 0.486. The van der Waals surface area contributed by atoms with E-state index in [0.717, 1.165) is 24.8 Å². The molecule has 1 saturated heterocycles. The number of hydrogen-bond donors (Lipinski definition) is 1. The van der Waals surface area contributed by atoms with Crippen molar-refractivity contribution in [2.45, 2.75) is 26.7 Å². The minimum Gasteiger partial charge on any atom is -0.496 e. The van der Waals surface area contributed by atoms with Crippen LogP contribution >= 0.6 is 11.6 Å². The third-order valence-corrected chi connectivity index (χ3v) is 4.52. The molecule has 0 radical (unpaired) electrons. The molecule has 0 spiro atoms. The van der Waals surface area contributed by atoms with Crippen molar-refractivity contribution >= 4 is 17.5 Å². The number of hydrogen-bond acceptors (Lipinski definition) is 3. The van der Waals surface area contributed by atoms with Crippen LogP contribution in [0.3, 0.4) is 0 Å². The molecule has 1 heterocycles. The molecular formula is C18H27ClN2O2. The topological polar surface area (TPSA) is 41.6 Å². The Bertz CT molecular complexity index is 526. The summed E-state index contributed by atoms with van der Waals surface area (Å²) in [5.74, 6) is 1.95. The molecule has 1 aromatic rings. The SMILES string of the molecule is COc1ccc(Cl)cc1C(=O)NCCCN1CC(C)CC(C)C1. The number of carbonyl (C=O) groups is 1. The largest absolute Gasteiger partial charge is 0.496 e. The van der Waals surface area contributed by atoms with Crippen molar-refractivity contribution in [2.75, 3.05) is 33.3 Å². The molecule has 128 valence electrons. The minimum atomic E-state index is -0.135. The van der Waals surface area contributed by atoms with Crippen molar-refractivity contribution < 1.29 is 9.53 Å². The van der Waals surface area contributed by atoms with Crippen LogP contribution in [-0.2, 0) is 0 Å². The highest BCUT2D eigenvalue weighted by Gasteiger charge is 2.21. The van der Waals surface area contributed by atoms with Gasteiger partial charge in [-0.1, -0.05) is 25.4 Å². The lowest BCUT2D eigenvalue weighted by Gasteiger charge is -2.34. The Kier molecular flexibility index (Phi) is 6.72. The molecule has 2 rings (SSSR count). The lowest BCUT2D eigenvalue weighted by Crippen LogP contribution is -2.40. The molecule has 1 fully saturated rings. The van der Waals surface area contributed by atoms with E-state index in [1.165, 1.54) is 19.5 Å². The third-order valence-electron chi connectivity index (χ3n) is 4.29. The molecule has 23 heavy (non-hydrogen) atoms. The summed E-state index contributed by atoms with van der Waals surface area (Å²) in [4.78, 5) is 14.8. The standard InChI is InChI=1S/C18H27ClN2O2/c1-13-9-14(2)12-21(11-13)8-4-7-20-18(22)16-10-15(19)5-6-17(16)23-3/h5-6,10,13-14H,4,7-9,11-12H2,1-3H3,(H,20,22). The summed E-state index contributed by atoms with van der Waals surface area (Å²) in [6, 6.07) is 5.08. The number of piperidine rings is 1. The highest BCUT2D eigenvalue weighted by Crippen LogP contribution is 2.23. The number of rotatable bonds is 6. The number of halogens is 1. The molecule has 0 bridgehead atoms. The first-order valence-electron chi connectivity index (χ1n) is 8.33. The molecule has 0 aromatic heterocycles. The van der Waals surface area contributed by atoms with E-state index in [0.29, 0.717) is 22.9 Å². The number of benzene rings is 1. The van der Waals surface area contributed by atoms with Gasteiger partial charge in [-0.3, -0.25) is 4.79 Å². The second-order valence-corrected chi connectivity index (χ2v) is 7.10. The van der Waals surface area contributed by atoms with Gasteiger partial charge in [0.1, 0.15) is 5.75 Å². The molecule has 1 aliphatic rings. The molecule has 1 aliphatic heterocycles. The fraction of sp³-hybridized carbons (Fsp3) is 0.611. The average molecular weight is 339 g/mol. The summed E-state index contributed by atoms with van der Waals surface area (Å²) in [6.45, 7) is 8.65. The molecule has 1 aromatic carbocycles. The first-order chi connectivity index (χ1) is 11.0. The average Bonchev–Trinajstić information content (AvgIpc) is 2.50. The van der Waals surface area contributed by atoms with Crippen LogP contribution in [0.4, 0.5) is 0 Å². The smallest absolute Gasteiger partial charge is 0.255 e. The van der Waals surface area contributed by atoms with Gasteiger partial charge in [-0.15, -0.1) is 0 Å². The second kappa shape index (κ2) is 8.55. The predicted molar refractivity (Wildman–Crippen MR) is 94.3 cm³/mol. The normalized spacial score (nSPS) is 21.9. The van der Waals surface area contributed by atoms with Gasteiger partial charge in [0.2, 0.25) is 0 Å². The molecule has 1 amide bonds. The molecule has 4 nitrogen and oxygen atoms in total. The van der Waals surface area contributed by atoms with Crippen molar-refractivity contribution in [3.8, 4) is 5.75 Å². The fourth-order valence-corrected chi connectivity index (χ4v) is 3.60. The van der Waals surface area contributed by atoms with Crippen molar-refractivity contribution in [1.29, 1.82) is 0 Å². The number of methoxy groups -OCH3 is 1. The van der Waals surface area contributed by atoms with Crippen LogP contribution in [0, 0.1) is 11.8 Å². The maximum Gasteiger partial charge on any atom is 0.255 e. The molecule has 0 aliphatic carbocycles. The third kappa shape index (κ3) is 5.40. The predicted octanol–water partition coefficient (Wildman–Crippen LogP) is 3.45. The maximum absolute atomic E-state index is 12.3. The van der Waals surface area contributed by atoms with E-state index in [2.05, 4.69) is 24.1 Å². The van der Waals surface area contributed by atoms with E-state index in [9.17, 15) is 4.79 Å². The van der Waals surface area contributed by atoms with Gasteiger partial charge in [0.15, 0.2) is 0 Å². The monoisotopic (exact) mass is 338 g/mol. The lowest BCUT2D eigenvalue weighted by atomic mass is 9.92. The van der Waals surface area contributed by atoms with Gasteiger partial charge in [0.05, 0.1) is 12.7 Å². The molecule has 2 atom stereocenters. The molecular weight excluding hydrogens is 312 g/mol. The first kappa shape index (κ1) is 18.1. The zero-order valence-corrected chi connectivity index (χ0v) is 15.0. The maximum atomic E-state index is 12.3. The van der Waals surface area contributed by atoms with Gasteiger partial charge in [-0.25, -0.2) is 0 Å². The Labute approximate surface area is 144 Å². The van der Waals surface area contributed by atoms with Crippen LogP contribution < -0.4 is 10.1 Å². The molecule has 2 unspecified atom stereocenters. The summed E-state index contributed by atoms with van der Waals surface area (Å²) >= 11 is 5.97. The van der Waals surface area contributed by atoms with E-state index in [4.69, 9.17) is 16.3 Å². The summed E-state index contributed by atoms with van der Waals surface area (Å²) in [6.07, 6.45) is 2.27. The molecule has 5 heteroatoms. The Balaban J connectivity index is 1.78. The van der Waals surface area contributed by atoms with Gasteiger partial charge in [0.25, 0.3) is 5.91 Å². The highest BCUT2D eigenvalue weighted by molar-refractivity contribution is 6.31. The molecule has 0 saturated carbocycles. The number of nitrogens with one attached hydrogen (secondary N) is 1. The van der Waals surface area contributed by atoms with Crippen molar-refractivity contribution in [3.63, 3.8) is 0 Å². The van der Waals surface area contributed by atoms with Crippen LogP contribution in [0.1, 0.15) is 37.0 Å². The zero-order chi connectivity index (χ0) is 16.8. The lowest BCUT2D eigenvalue weighted by molar-refractivity contribution is 0.0944. The van der Waals surface area contributed by atoms with Crippen LogP contribution in [0.5, 0.6) is 5.75 Å². The van der Waals surface area contributed by atoms with Crippen LogP contribution in [0.2, 0.25) is 5.02 Å². The van der Waals surface area contributed by atoms with Gasteiger partial charge in [-0.2, -0.15) is 0 Å². The fourth-order valence-electron chi connectivity index (χ4n) is 3.43.